The molecule has 0 aromatic carbocycles. The van der Waals surface area contributed by atoms with E-state index in [1.54, 1.807) is 0 Å². The third-order valence-corrected chi connectivity index (χ3v) is 2.05. The average molecular weight is 186 g/mol. The predicted molar refractivity (Wildman–Crippen MR) is 50.2 cm³/mol. The standard InChI is InChI=1S/C9H18N2O2/c1-6(2)3-8(10)9(12)11-7-4-13-5-7/h6-8H,3-5,10H2,1-2H3,(H,11,12)/t8-/m0/s1. The Hall–Kier alpha value is -0.610. The predicted octanol–water partition coefficient (Wildman–Crippen LogP) is -0.125. The molecular weight excluding hydrogens is 168 g/mol. The van der Waals surface area contributed by atoms with E-state index >= 15 is 0 Å². The van der Waals surface area contributed by atoms with Crippen molar-refractivity contribution in [1.29, 1.82) is 0 Å². The molecule has 0 bridgehead atoms. The fourth-order valence-corrected chi connectivity index (χ4v) is 1.24. The van der Waals surface area contributed by atoms with Crippen molar-refractivity contribution in [2.75, 3.05) is 13.2 Å². The number of ether oxygens (including phenoxy) is 1. The molecule has 0 spiro atoms. The molecule has 0 saturated carbocycles. The summed E-state index contributed by atoms with van der Waals surface area (Å²) in [5, 5.41) is 2.83. The largest absolute Gasteiger partial charge is 0.377 e. The van der Waals surface area contributed by atoms with Gasteiger partial charge in [0.1, 0.15) is 0 Å². The molecule has 1 heterocycles. The molecule has 0 aliphatic carbocycles. The second-order valence-corrected chi connectivity index (χ2v) is 3.98. The van der Waals surface area contributed by atoms with Crippen LogP contribution in [0.25, 0.3) is 0 Å². The molecule has 1 amide bonds. The van der Waals surface area contributed by atoms with Gasteiger partial charge >= 0.3 is 0 Å². The molecule has 4 heteroatoms. The zero-order valence-corrected chi connectivity index (χ0v) is 8.25. The summed E-state index contributed by atoms with van der Waals surface area (Å²) in [5.41, 5.74) is 5.69. The summed E-state index contributed by atoms with van der Waals surface area (Å²) in [6.45, 7) is 5.36. The first-order valence-electron chi connectivity index (χ1n) is 4.73. The van der Waals surface area contributed by atoms with Crippen molar-refractivity contribution in [3.63, 3.8) is 0 Å². The van der Waals surface area contributed by atoms with Crippen LogP contribution < -0.4 is 11.1 Å². The van der Waals surface area contributed by atoms with Crippen LogP contribution in [-0.4, -0.2) is 31.2 Å². The Morgan fingerprint density at radius 2 is 2.23 bits per heavy atom. The van der Waals surface area contributed by atoms with E-state index in [9.17, 15) is 4.79 Å². The van der Waals surface area contributed by atoms with Gasteiger partial charge in [0, 0.05) is 0 Å². The first kappa shape index (κ1) is 10.5. The second kappa shape index (κ2) is 4.58. The third kappa shape index (κ3) is 3.32. The van der Waals surface area contributed by atoms with Crippen LogP contribution >= 0.6 is 0 Å². The highest BCUT2D eigenvalue weighted by Gasteiger charge is 2.23. The summed E-state index contributed by atoms with van der Waals surface area (Å²) in [4.78, 5) is 11.4. The number of hydrogen-bond donors (Lipinski definition) is 2. The molecule has 1 atom stereocenters. The van der Waals surface area contributed by atoms with Crippen LogP contribution in [0.15, 0.2) is 0 Å². The Bertz CT molecular complexity index is 178. The van der Waals surface area contributed by atoms with Gasteiger partial charge in [0.15, 0.2) is 0 Å². The van der Waals surface area contributed by atoms with Crippen LogP contribution in [0, 0.1) is 5.92 Å². The molecule has 1 rings (SSSR count). The smallest absolute Gasteiger partial charge is 0.237 e. The highest BCUT2D eigenvalue weighted by molar-refractivity contribution is 5.81. The Kier molecular flexibility index (Phi) is 3.69. The van der Waals surface area contributed by atoms with Gasteiger partial charge in [0.25, 0.3) is 0 Å². The van der Waals surface area contributed by atoms with E-state index < -0.39 is 0 Å². The van der Waals surface area contributed by atoms with Gasteiger partial charge in [0.2, 0.25) is 5.91 Å². The zero-order valence-electron chi connectivity index (χ0n) is 8.25. The van der Waals surface area contributed by atoms with Gasteiger partial charge in [-0.15, -0.1) is 0 Å². The lowest BCUT2D eigenvalue weighted by atomic mass is 10.0. The van der Waals surface area contributed by atoms with E-state index in [4.69, 9.17) is 10.5 Å². The summed E-state index contributed by atoms with van der Waals surface area (Å²) in [5.74, 6) is 0.403. The molecule has 1 aliphatic rings. The van der Waals surface area contributed by atoms with Gasteiger partial charge in [-0.1, -0.05) is 13.8 Å². The van der Waals surface area contributed by atoms with Crippen LogP contribution in [0.5, 0.6) is 0 Å². The monoisotopic (exact) mass is 186 g/mol. The van der Waals surface area contributed by atoms with Crippen molar-refractivity contribution < 1.29 is 9.53 Å². The average Bonchev–Trinajstić information content (AvgIpc) is 1.94. The lowest BCUT2D eigenvalue weighted by molar-refractivity contribution is -0.126. The van der Waals surface area contributed by atoms with E-state index in [-0.39, 0.29) is 18.0 Å². The maximum atomic E-state index is 11.4. The zero-order chi connectivity index (χ0) is 9.84. The molecule has 1 saturated heterocycles. The SMILES string of the molecule is CC(C)C[C@H](N)C(=O)NC1COC1. The van der Waals surface area contributed by atoms with E-state index in [2.05, 4.69) is 19.2 Å². The molecule has 0 unspecified atom stereocenters. The number of nitrogens with one attached hydrogen (secondary N) is 1. The molecule has 3 N–H and O–H groups in total. The molecule has 13 heavy (non-hydrogen) atoms. The number of rotatable bonds is 4. The number of hydrogen-bond acceptors (Lipinski definition) is 3. The van der Waals surface area contributed by atoms with Crippen molar-refractivity contribution >= 4 is 5.91 Å². The summed E-state index contributed by atoms with van der Waals surface area (Å²) in [6.07, 6.45) is 0.736. The normalized spacial score (nSPS) is 19.7. The van der Waals surface area contributed by atoms with Crippen LogP contribution in [0.1, 0.15) is 20.3 Å². The minimum atomic E-state index is -0.374. The van der Waals surface area contributed by atoms with E-state index in [1.807, 2.05) is 0 Å². The van der Waals surface area contributed by atoms with Crippen molar-refractivity contribution in [3.05, 3.63) is 0 Å². The molecular formula is C9H18N2O2. The van der Waals surface area contributed by atoms with E-state index in [0.717, 1.165) is 6.42 Å². The summed E-state index contributed by atoms with van der Waals surface area (Å²) < 4.78 is 4.94. The first-order valence-corrected chi connectivity index (χ1v) is 4.73. The van der Waals surface area contributed by atoms with Crippen molar-refractivity contribution in [2.45, 2.75) is 32.4 Å². The fraction of sp³-hybridized carbons (Fsp3) is 0.889. The van der Waals surface area contributed by atoms with Gasteiger partial charge in [-0.2, -0.15) is 0 Å². The highest BCUT2D eigenvalue weighted by Crippen LogP contribution is 2.04. The first-order chi connectivity index (χ1) is 6.09. The minimum Gasteiger partial charge on any atom is -0.377 e. The van der Waals surface area contributed by atoms with Crippen LogP contribution in [0.3, 0.4) is 0 Å². The Morgan fingerprint density at radius 3 is 2.62 bits per heavy atom. The van der Waals surface area contributed by atoms with Gasteiger partial charge in [-0.3, -0.25) is 4.79 Å². The van der Waals surface area contributed by atoms with Crippen molar-refractivity contribution in [3.8, 4) is 0 Å². The maximum absolute atomic E-state index is 11.4. The third-order valence-electron chi connectivity index (χ3n) is 2.05. The number of nitrogens with two attached hydrogens (primary N) is 1. The highest BCUT2D eigenvalue weighted by atomic mass is 16.5. The summed E-state index contributed by atoms with van der Waals surface area (Å²) >= 11 is 0. The molecule has 76 valence electrons. The van der Waals surface area contributed by atoms with Gasteiger partial charge < -0.3 is 15.8 Å². The molecule has 1 fully saturated rings. The molecule has 4 nitrogen and oxygen atoms in total. The summed E-state index contributed by atoms with van der Waals surface area (Å²) in [7, 11) is 0. The van der Waals surface area contributed by atoms with E-state index in [1.165, 1.54) is 0 Å². The Balaban J connectivity index is 2.20. The Morgan fingerprint density at radius 1 is 1.62 bits per heavy atom. The van der Waals surface area contributed by atoms with Crippen LogP contribution in [0.4, 0.5) is 0 Å². The van der Waals surface area contributed by atoms with Gasteiger partial charge in [0.05, 0.1) is 25.3 Å². The minimum absolute atomic E-state index is 0.0537. The van der Waals surface area contributed by atoms with E-state index in [0.29, 0.717) is 19.1 Å². The molecule has 0 radical (unpaired) electrons. The maximum Gasteiger partial charge on any atom is 0.237 e. The molecule has 0 aromatic heterocycles. The molecule has 0 aromatic rings. The van der Waals surface area contributed by atoms with Crippen molar-refractivity contribution in [2.24, 2.45) is 11.7 Å². The van der Waals surface area contributed by atoms with Crippen molar-refractivity contribution in [1.82, 2.24) is 5.32 Å². The second-order valence-electron chi connectivity index (χ2n) is 3.98. The lowest BCUT2D eigenvalue weighted by Crippen LogP contribution is -2.53. The van der Waals surface area contributed by atoms with Crippen LogP contribution in [-0.2, 0) is 9.53 Å². The lowest BCUT2D eigenvalue weighted by Gasteiger charge is -2.28. The van der Waals surface area contributed by atoms with Gasteiger partial charge in [-0.05, 0) is 12.3 Å². The number of carbonyl (C=O) groups is 1. The summed E-state index contributed by atoms with van der Waals surface area (Å²) in [6, 6.07) is -0.189. The quantitative estimate of drug-likeness (QED) is 0.643. The Labute approximate surface area is 78.8 Å². The molecule has 1 aliphatic heterocycles. The van der Waals surface area contributed by atoms with Gasteiger partial charge in [-0.25, -0.2) is 0 Å². The van der Waals surface area contributed by atoms with Crippen LogP contribution in [0.2, 0.25) is 0 Å². The fourth-order valence-electron chi connectivity index (χ4n) is 1.24. The number of carbonyl (C=O) groups excluding carboxylic acids is 1. The topological polar surface area (TPSA) is 64.4 Å². The number of amides is 1.